The average molecular weight is 288 g/mol. The maximum absolute atomic E-state index is 11.8. The number of nitrogen functional groups attached to an aromatic ring is 1. The lowest BCUT2D eigenvalue weighted by Gasteiger charge is -1.95. The van der Waals surface area contributed by atoms with Crippen LogP contribution in [0.2, 0.25) is 0 Å². The third-order valence-electron chi connectivity index (χ3n) is 2.23. The summed E-state index contributed by atoms with van der Waals surface area (Å²) < 4.78 is 39.1. The Morgan fingerprint density at radius 3 is 2.83 bits per heavy atom. The van der Waals surface area contributed by atoms with E-state index in [-0.39, 0.29) is 16.7 Å². The van der Waals surface area contributed by atoms with Crippen molar-refractivity contribution in [1.82, 2.24) is 4.98 Å². The summed E-state index contributed by atoms with van der Waals surface area (Å²) in [7, 11) is -4.71. The lowest BCUT2D eigenvalue weighted by atomic mass is 10.3. The fraction of sp³-hybridized carbons (Fsp3) is 0.300. The Kier molecular flexibility index (Phi) is 3.40. The molecule has 1 aromatic carbocycles. The molecular formula is C10H12N2O4S2. The molecule has 2 aromatic rings. The van der Waals surface area contributed by atoms with Crippen LogP contribution in [0.4, 0.5) is 5.69 Å². The first-order valence-electron chi connectivity index (χ1n) is 5.07. The van der Waals surface area contributed by atoms with Crippen molar-refractivity contribution in [3.63, 3.8) is 0 Å². The highest BCUT2D eigenvalue weighted by Crippen LogP contribution is 2.20. The van der Waals surface area contributed by atoms with E-state index in [1.54, 1.807) is 18.2 Å². The third kappa shape index (κ3) is 3.08. The summed E-state index contributed by atoms with van der Waals surface area (Å²) in [5, 5.41) is 0.0271. The molecule has 1 heterocycles. The number of oxazole rings is 1. The van der Waals surface area contributed by atoms with Crippen molar-refractivity contribution in [1.29, 1.82) is 0 Å². The van der Waals surface area contributed by atoms with Crippen LogP contribution in [-0.2, 0) is 20.6 Å². The van der Waals surface area contributed by atoms with Crippen LogP contribution < -0.4 is 5.73 Å². The molecule has 6 nitrogen and oxygen atoms in total. The van der Waals surface area contributed by atoms with Gasteiger partial charge < -0.3 is 10.2 Å². The molecule has 2 rings (SSSR count). The van der Waals surface area contributed by atoms with E-state index in [9.17, 15) is 12.6 Å². The van der Waals surface area contributed by atoms with Gasteiger partial charge in [-0.1, -0.05) is 0 Å². The van der Waals surface area contributed by atoms with Gasteiger partial charge >= 0.3 is 0 Å². The zero-order valence-corrected chi connectivity index (χ0v) is 11.3. The average Bonchev–Trinajstić information content (AvgIpc) is 2.67. The van der Waals surface area contributed by atoms with E-state index >= 15 is 0 Å². The number of benzene rings is 1. The minimum atomic E-state index is -3.15. The molecule has 1 aromatic heterocycles. The van der Waals surface area contributed by atoms with Gasteiger partial charge in [0.25, 0.3) is 5.22 Å². The highest BCUT2D eigenvalue weighted by Gasteiger charge is 2.15. The summed E-state index contributed by atoms with van der Waals surface area (Å²) in [6.07, 6.45) is 1.09. The van der Waals surface area contributed by atoms with Gasteiger partial charge in [0, 0.05) is 17.7 Å². The van der Waals surface area contributed by atoms with Gasteiger partial charge in [-0.3, -0.25) is 0 Å². The second-order valence-corrected chi connectivity index (χ2v) is 7.59. The van der Waals surface area contributed by atoms with Crippen LogP contribution in [0.1, 0.15) is 0 Å². The van der Waals surface area contributed by atoms with Crippen LogP contribution in [0.15, 0.2) is 27.8 Å². The van der Waals surface area contributed by atoms with Gasteiger partial charge in [-0.25, -0.2) is 17.6 Å². The predicted octanol–water partition coefficient (Wildman–Crippen LogP) is 0.562. The van der Waals surface area contributed by atoms with E-state index in [1.807, 2.05) is 0 Å². The zero-order chi connectivity index (χ0) is 13.3. The van der Waals surface area contributed by atoms with Crippen molar-refractivity contribution in [2.24, 2.45) is 0 Å². The molecule has 0 amide bonds. The van der Waals surface area contributed by atoms with Crippen molar-refractivity contribution in [2.45, 2.75) is 5.22 Å². The second-order valence-electron chi connectivity index (χ2n) is 3.89. The van der Waals surface area contributed by atoms with Crippen molar-refractivity contribution < 1.29 is 17.0 Å². The molecule has 0 fully saturated rings. The third-order valence-corrected chi connectivity index (χ3v) is 4.57. The fourth-order valence-corrected chi connectivity index (χ4v) is 3.71. The summed E-state index contributed by atoms with van der Waals surface area (Å²) in [5.74, 6) is -0.193. The molecule has 0 aliphatic carbocycles. The van der Waals surface area contributed by atoms with Crippen LogP contribution in [0, 0.1) is 0 Å². The Bertz CT molecular complexity index is 706. The molecule has 0 saturated carbocycles. The Labute approximate surface area is 107 Å². The SMILES string of the molecule is CS(=O)(=O)CCS(=O)c1nc2cc(N)ccc2o1. The number of rotatable bonds is 4. The quantitative estimate of drug-likeness (QED) is 0.825. The first kappa shape index (κ1) is 13.0. The van der Waals surface area contributed by atoms with E-state index in [0.29, 0.717) is 16.8 Å². The molecule has 2 N–H and O–H groups in total. The van der Waals surface area contributed by atoms with Gasteiger partial charge in [-0.05, 0) is 18.2 Å². The number of nitrogens with zero attached hydrogens (tertiary/aromatic N) is 1. The van der Waals surface area contributed by atoms with E-state index in [1.165, 1.54) is 0 Å². The smallest absolute Gasteiger partial charge is 0.287 e. The number of hydrogen-bond donors (Lipinski definition) is 1. The van der Waals surface area contributed by atoms with Crippen LogP contribution in [-0.4, -0.2) is 35.4 Å². The van der Waals surface area contributed by atoms with Crippen molar-refractivity contribution in [3.8, 4) is 0 Å². The summed E-state index contributed by atoms with van der Waals surface area (Å²) in [4.78, 5) is 4.03. The zero-order valence-electron chi connectivity index (χ0n) is 9.62. The first-order valence-corrected chi connectivity index (χ1v) is 8.45. The maximum Gasteiger partial charge on any atom is 0.287 e. The highest BCUT2D eigenvalue weighted by molar-refractivity contribution is 7.92. The van der Waals surface area contributed by atoms with Crippen LogP contribution in [0.3, 0.4) is 0 Å². The Morgan fingerprint density at radius 2 is 2.17 bits per heavy atom. The van der Waals surface area contributed by atoms with Crippen LogP contribution >= 0.6 is 0 Å². The molecule has 0 spiro atoms. The van der Waals surface area contributed by atoms with Gasteiger partial charge in [0.15, 0.2) is 5.58 Å². The number of sulfone groups is 1. The van der Waals surface area contributed by atoms with Gasteiger partial charge in [0.1, 0.15) is 26.2 Å². The molecule has 0 bridgehead atoms. The largest absolute Gasteiger partial charge is 0.430 e. The summed E-state index contributed by atoms with van der Waals surface area (Å²) in [6, 6.07) is 4.89. The van der Waals surface area contributed by atoms with E-state index < -0.39 is 20.6 Å². The van der Waals surface area contributed by atoms with Gasteiger partial charge in [-0.2, -0.15) is 0 Å². The highest BCUT2D eigenvalue weighted by atomic mass is 32.2. The summed E-state index contributed by atoms with van der Waals surface area (Å²) in [6.45, 7) is 0. The van der Waals surface area contributed by atoms with E-state index in [4.69, 9.17) is 10.2 Å². The van der Waals surface area contributed by atoms with Gasteiger partial charge in [0.2, 0.25) is 0 Å². The van der Waals surface area contributed by atoms with Crippen LogP contribution in [0.25, 0.3) is 11.1 Å². The molecule has 8 heteroatoms. The standard InChI is InChI=1S/C10H12N2O4S2/c1-18(14,15)5-4-17(13)10-12-8-6-7(11)2-3-9(8)16-10/h2-3,6H,4-5,11H2,1H3. The molecule has 1 atom stereocenters. The number of nitrogens with two attached hydrogens (primary N) is 1. The lowest BCUT2D eigenvalue weighted by molar-refractivity contribution is 0.478. The van der Waals surface area contributed by atoms with Crippen LogP contribution in [0.5, 0.6) is 0 Å². The van der Waals surface area contributed by atoms with Gasteiger partial charge in [-0.15, -0.1) is 0 Å². The molecule has 18 heavy (non-hydrogen) atoms. The number of hydrogen-bond acceptors (Lipinski definition) is 6. The van der Waals surface area contributed by atoms with E-state index in [2.05, 4.69) is 4.98 Å². The molecule has 0 aliphatic heterocycles. The Morgan fingerprint density at radius 1 is 1.44 bits per heavy atom. The topological polar surface area (TPSA) is 103 Å². The van der Waals surface area contributed by atoms with Crippen molar-refractivity contribution in [3.05, 3.63) is 18.2 Å². The van der Waals surface area contributed by atoms with Crippen molar-refractivity contribution >= 4 is 37.4 Å². The number of aromatic nitrogens is 1. The second kappa shape index (κ2) is 4.69. The molecule has 98 valence electrons. The normalized spacial score (nSPS) is 13.8. The predicted molar refractivity (Wildman–Crippen MR) is 69.4 cm³/mol. The molecular weight excluding hydrogens is 276 g/mol. The monoisotopic (exact) mass is 288 g/mol. The van der Waals surface area contributed by atoms with Gasteiger partial charge in [0.05, 0.1) is 5.75 Å². The summed E-state index contributed by atoms with van der Waals surface area (Å²) in [5.41, 5.74) is 7.11. The number of fused-ring (bicyclic) bond motifs is 1. The summed E-state index contributed by atoms with van der Waals surface area (Å²) >= 11 is 0. The molecule has 0 aliphatic rings. The minimum absolute atomic E-state index is 0.0266. The first-order chi connectivity index (χ1) is 8.35. The molecule has 0 radical (unpaired) electrons. The molecule has 0 saturated heterocycles. The van der Waals surface area contributed by atoms with Crippen molar-refractivity contribution in [2.75, 3.05) is 23.5 Å². The van der Waals surface area contributed by atoms with E-state index in [0.717, 1.165) is 6.26 Å². The minimum Gasteiger partial charge on any atom is -0.430 e. The Balaban J connectivity index is 2.23. The molecule has 1 unspecified atom stereocenters. The fourth-order valence-electron chi connectivity index (χ4n) is 1.34. The number of anilines is 1. The lowest BCUT2D eigenvalue weighted by Crippen LogP contribution is -2.11. The Hall–Kier alpha value is -1.41. The maximum atomic E-state index is 11.8.